The highest BCUT2D eigenvalue weighted by Gasteiger charge is 2.25. The number of carbonyl (C=O) groups is 1. The van der Waals surface area contributed by atoms with Crippen molar-refractivity contribution in [1.29, 1.82) is 0 Å². The van der Waals surface area contributed by atoms with Crippen molar-refractivity contribution in [2.24, 2.45) is 0 Å². The van der Waals surface area contributed by atoms with Crippen LogP contribution in [0.1, 0.15) is 49.2 Å². The average Bonchev–Trinajstić information content (AvgIpc) is 2.50. The molecule has 22 heavy (non-hydrogen) atoms. The summed E-state index contributed by atoms with van der Waals surface area (Å²) in [5.74, 6) is -0.889. The Labute approximate surface area is 130 Å². The second-order valence-electron chi connectivity index (χ2n) is 6.28. The largest absolute Gasteiger partial charge is 0.478 e. The van der Waals surface area contributed by atoms with Crippen LogP contribution in [0.2, 0.25) is 0 Å². The van der Waals surface area contributed by atoms with E-state index < -0.39 is 5.97 Å². The average molecular weight is 298 g/mol. The van der Waals surface area contributed by atoms with Gasteiger partial charge in [-0.05, 0) is 38.8 Å². The zero-order valence-electron chi connectivity index (χ0n) is 13.1. The molecular weight excluding hydrogens is 276 g/mol. The third kappa shape index (κ3) is 2.83. The molecule has 2 aromatic rings. The van der Waals surface area contributed by atoms with Crippen molar-refractivity contribution in [3.8, 4) is 0 Å². The number of piperidine rings is 1. The highest BCUT2D eigenvalue weighted by molar-refractivity contribution is 6.02. The number of likely N-dealkylation sites (tertiary alicyclic amines) is 1. The Balaban J connectivity index is 1.98. The fraction of sp³-hybridized carbons (Fsp3) is 0.444. The van der Waals surface area contributed by atoms with Gasteiger partial charge in [0.05, 0.1) is 16.8 Å². The summed E-state index contributed by atoms with van der Waals surface area (Å²) in [6.45, 7) is 5.21. The summed E-state index contributed by atoms with van der Waals surface area (Å²) < 4.78 is 0. The SMILES string of the molecule is CC1CCCC(C)N1Cc1cc(C(=O)O)c2ccccc2n1. The number of hydrogen-bond donors (Lipinski definition) is 1. The van der Waals surface area contributed by atoms with E-state index in [1.807, 2.05) is 24.3 Å². The highest BCUT2D eigenvalue weighted by Crippen LogP contribution is 2.26. The molecule has 2 heterocycles. The van der Waals surface area contributed by atoms with Crippen molar-refractivity contribution >= 4 is 16.9 Å². The summed E-state index contributed by atoms with van der Waals surface area (Å²) >= 11 is 0. The van der Waals surface area contributed by atoms with Gasteiger partial charge in [-0.25, -0.2) is 4.79 Å². The fourth-order valence-corrected chi connectivity index (χ4v) is 3.46. The summed E-state index contributed by atoms with van der Waals surface area (Å²) in [6, 6.07) is 10.2. The summed E-state index contributed by atoms with van der Waals surface area (Å²) in [7, 11) is 0. The van der Waals surface area contributed by atoms with Crippen LogP contribution in [0, 0.1) is 0 Å². The Bertz CT molecular complexity index is 689. The molecule has 4 nitrogen and oxygen atoms in total. The van der Waals surface area contributed by atoms with E-state index in [0.29, 0.717) is 29.6 Å². The minimum absolute atomic E-state index is 0.345. The van der Waals surface area contributed by atoms with Gasteiger partial charge in [-0.2, -0.15) is 0 Å². The predicted octanol–water partition coefficient (Wildman–Crippen LogP) is 3.70. The van der Waals surface area contributed by atoms with Crippen molar-refractivity contribution in [2.75, 3.05) is 0 Å². The van der Waals surface area contributed by atoms with Gasteiger partial charge in [0.2, 0.25) is 0 Å². The molecule has 0 saturated carbocycles. The molecule has 1 fully saturated rings. The van der Waals surface area contributed by atoms with Gasteiger partial charge in [-0.15, -0.1) is 0 Å². The van der Waals surface area contributed by atoms with Gasteiger partial charge in [-0.1, -0.05) is 24.6 Å². The van der Waals surface area contributed by atoms with Crippen molar-refractivity contribution in [2.45, 2.75) is 51.7 Å². The van der Waals surface area contributed by atoms with E-state index in [9.17, 15) is 9.90 Å². The summed E-state index contributed by atoms with van der Waals surface area (Å²) in [5.41, 5.74) is 1.95. The number of nitrogens with zero attached hydrogens (tertiary/aromatic N) is 2. The second kappa shape index (κ2) is 6.05. The number of para-hydroxylation sites is 1. The zero-order valence-corrected chi connectivity index (χ0v) is 13.1. The minimum atomic E-state index is -0.889. The molecule has 0 radical (unpaired) electrons. The molecule has 0 bridgehead atoms. The lowest BCUT2D eigenvalue weighted by Gasteiger charge is -2.38. The Morgan fingerprint density at radius 3 is 2.64 bits per heavy atom. The van der Waals surface area contributed by atoms with Gasteiger partial charge in [0.15, 0.2) is 0 Å². The van der Waals surface area contributed by atoms with Gasteiger partial charge in [0.25, 0.3) is 0 Å². The van der Waals surface area contributed by atoms with Crippen molar-refractivity contribution in [3.63, 3.8) is 0 Å². The lowest BCUT2D eigenvalue weighted by molar-refractivity contribution is 0.0698. The monoisotopic (exact) mass is 298 g/mol. The first-order valence-corrected chi connectivity index (χ1v) is 7.94. The van der Waals surface area contributed by atoms with Crippen molar-refractivity contribution < 1.29 is 9.90 Å². The number of benzene rings is 1. The number of rotatable bonds is 3. The molecule has 1 aliphatic rings. The molecule has 3 rings (SSSR count). The summed E-state index contributed by atoms with van der Waals surface area (Å²) in [5, 5.41) is 10.2. The number of aromatic carboxylic acids is 1. The maximum Gasteiger partial charge on any atom is 0.336 e. The van der Waals surface area contributed by atoms with Crippen molar-refractivity contribution in [1.82, 2.24) is 9.88 Å². The first kappa shape index (κ1) is 15.0. The van der Waals surface area contributed by atoms with E-state index in [2.05, 4.69) is 23.7 Å². The number of hydrogen-bond acceptors (Lipinski definition) is 3. The van der Waals surface area contributed by atoms with Gasteiger partial charge >= 0.3 is 5.97 Å². The zero-order chi connectivity index (χ0) is 15.7. The fourth-order valence-electron chi connectivity index (χ4n) is 3.46. The molecule has 1 aromatic heterocycles. The number of carboxylic acids is 1. The third-order valence-corrected chi connectivity index (χ3v) is 4.72. The van der Waals surface area contributed by atoms with E-state index in [4.69, 9.17) is 0 Å². The molecule has 0 amide bonds. The molecule has 1 saturated heterocycles. The Kier molecular flexibility index (Phi) is 4.12. The third-order valence-electron chi connectivity index (χ3n) is 4.72. The van der Waals surface area contributed by atoms with E-state index in [0.717, 1.165) is 11.2 Å². The molecule has 1 aromatic carbocycles. The quantitative estimate of drug-likeness (QED) is 0.939. The number of pyridine rings is 1. The van der Waals surface area contributed by atoms with Crippen LogP contribution in [-0.2, 0) is 6.54 Å². The minimum Gasteiger partial charge on any atom is -0.478 e. The maximum atomic E-state index is 11.5. The van der Waals surface area contributed by atoms with E-state index in [1.165, 1.54) is 19.3 Å². The molecule has 4 heteroatoms. The molecule has 2 atom stereocenters. The summed E-state index contributed by atoms with van der Waals surface area (Å²) in [4.78, 5) is 18.7. The Morgan fingerprint density at radius 1 is 1.27 bits per heavy atom. The lowest BCUT2D eigenvalue weighted by Crippen LogP contribution is -2.43. The highest BCUT2D eigenvalue weighted by atomic mass is 16.4. The van der Waals surface area contributed by atoms with Crippen LogP contribution >= 0.6 is 0 Å². The maximum absolute atomic E-state index is 11.5. The first-order chi connectivity index (χ1) is 10.6. The van der Waals surface area contributed by atoms with Crippen LogP contribution in [0.4, 0.5) is 0 Å². The van der Waals surface area contributed by atoms with Gasteiger partial charge in [0.1, 0.15) is 0 Å². The Hall–Kier alpha value is -1.94. The van der Waals surface area contributed by atoms with Crippen molar-refractivity contribution in [3.05, 3.63) is 41.6 Å². The number of aromatic nitrogens is 1. The van der Waals surface area contributed by atoms with Crippen LogP contribution in [0.3, 0.4) is 0 Å². The molecule has 0 spiro atoms. The number of carboxylic acid groups (broad SMARTS) is 1. The van der Waals surface area contributed by atoms with Gasteiger partial charge < -0.3 is 5.11 Å². The first-order valence-electron chi connectivity index (χ1n) is 7.94. The topological polar surface area (TPSA) is 53.4 Å². The molecule has 1 aliphatic heterocycles. The standard InChI is InChI=1S/C18H22N2O2/c1-12-6-5-7-13(2)20(12)11-14-10-16(18(21)22)15-8-3-4-9-17(15)19-14/h3-4,8-10,12-13H,5-7,11H2,1-2H3,(H,21,22). The molecule has 116 valence electrons. The normalized spacial score (nSPS) is 22.8. The van der Waals surface area contributed by atoms with Crippen LogP contribution in [0.25, 0.3) is 10.9 Å². The van der Waals surface area contributed by atoms with Crippen LogP contribution < -0.4 is 0 Å². The van der Waals surface area contributed by atoms with E-state index in [1.54, 1.807) is 6.07 Å². The molecular formula is C18H22N2O2. The number of fused-ring (bicyclic) bond motifs is 1. The van der Waals surface area contributed by atoms with E-state index in [-0.39, 0.29) is 0 Å². The molecule has 0 aliphatic carbocycles. The van der Waals surface area contributed by atoms with Crippen LogP contribution in [-0.4, -0.2) is 33.0 Å². The smallest absolute Gasteiger partial charge is 0.336 e. The Morgan fingerprint density at radius 2 is 1.95 bits per heavy atom. The summed E-state index contributed by atoms with van der Waals surface area (Å²) in [6.07, 6.45) is 3.66. The van der Waals surface area contributed by atoms with Gasteiger partial charge in [0, 0.05) is 24.0 Å². The predicted molar refractivity (Wildman–Crippen MR) is 87.0 cm³/mol. The molecule has 2 unspecified atom stereocenters. The lowest BCUT2D eigenvalue weighted by atomic mass is 9.97. The van der Waals surface area contributed by atoms with E-state index >= 15 is 0 Å². The molecule has 1 N–H and O–H groups in total. The van der Waals surface area contributed by atoms with Gasteiger partial charge in [-0.3, -0.25) is 9.88 Å². The van der Waals surface area contributed by atoms with Crippen LogP contribution in [0.5, 0.6) is 0 Å². The van der Waals surface area contributed by atoms with Crippen LogP contribution in [0.15, 0.2) is 30.3 Å². The second-order valence-corrected chi connectivity index (χ2v) is 6.28.